The van der Waals surface area contributed by atoms with Gasteiger partial charge in [-0.25, -0.2) is 8.42 Å². The van der Waals surface area contributed by atoms with E-state index in [1.54, 1.807) is 6.92 Å². The molecule has 0 aromatic heterocycles. The second-order valence-corrected chi connectivity index (χ2v) is 5.37. The van der Waals surface area contributed by atoms with Crippen molar-refractivity contribution in [1.82, 2.24) is 4.90 Å². The predicted molar refractivity (Wildman–Crippen MR) is 53.5 cm³/mol. The van der Waals surface area contributed by atoms with E-state index in [0.717, 1.165) is 6.54 Å². The summed E-state index contributed by atoms with van der Waals surface area (Å²) in [6.07, 6.45) is 0. The standard InChI is InChI=1S/C8H19NO3S/c1-3-9(5-7-10)6-8-13(11,12)4-2/h10H,3-8H2,1-2H3. The molecule has 0 amide bonds. The first-order valence-corrected chi connectivity index (χ1v) is 6.41. The van der Waals surface area contributed by atoms with Crippen LogP contribution in [0.15, 0.2) is 0 Å². The van der Waals surface area contributed by atoms with Crippen LogP contribution in [-0.2, 0) is 9.84 Å². The lowest BCUT2D eigenvalue weighted by atomic mass is 10.5. The first-order chi connectivity index (χ1) is 6.05. The number of nitrogens with zero attached hydrogens (tertiary/aromatic N) is 1. The Bertz CT molecular complexity index is 213. The van der Waals surface area contributed by atoms with Crippen molar-refractivity contribution in [2.75, 3.05) is 37.7 Å². The van der Waals surface area contributed by atoms with E-state index in [4.69, 9.17) is 5.11 Å². The van der Waals surface area contributed by atoms with Gasteiger partial charge in [-0.1, -0.05) is 13.8 Å². The molecule has 0 radical (unpaired) electrons. The van der Waals surface area contributed by atoms with E-state index >= 15 is 0 Å². The van der Waals surface area contributed by atoms with E-state index in [1.165, 1.54) is 0 Å². The molecule has 4 nitrogen and oxygen atoms in total. The molecule has 0 aliphatic heterocycles. The van der Waals surface area contributed by atoms with Crippen LogP contribution in [-0.4, -0.2) is 56.2 Å². The van der Waals surface area contributed by atoms with Gasteiger partial charge in [0.15, 0.2) is 9.84 Å². The van der Waals surface area contributed by atoms with Crippen LogP contribution in [0.1, 0.15) is 13.8 Å². The number of sulfone groups is 1. The van der Waals surface area contributed by atoms with E-state index in [-0.39, 0.29) is 18.1 Å². The van der Waals surface area contributed by atoms with Gasteiger partial charge in [0.25, 0.3) is 0 Å². The zero-order valence-corrected chi connectivity index (χ0v) is 9.18. The van der Waals surface area contributed by atoms with Gasteiger partial charge in [0.1, 0.15) is 0 Å². The molecule has 0 bridgehead atoms. The summed E-state index contributed by atoms with van der Waals surface area (Å²) in [5.74, 6) is 0.390. The third kappa shape index (κ3) is 6.01. The van der Waals surface area contributed by atoms with Gasteiger partial charge >= 0.3 is 0 Å². The molecule has 0 saturated carbocycles. The smallest absolute Gasteiger partial charge is 0.151 e. The molecule has 0 aliphatic rings. The lowest BCUT2D eigenvalue weighted by Crippen LogP contribution is -2.32. The average Bonchev–Trinajstić information content (AvgIpc) is 2.12. The molecule has 0 unspecified atom stereocenters. The summed E-state index contributed by atoms with van der Waals surface area (Å²) in [4.78, 5) is 1.92. The highest BCUT2D eigenvalue weighted by Crippen LogP contribution is 1.93. The van der Waals surface area contributed by atoms with Crippen LogP contribution in [0.5, 0.6) is 0 Å². The van der Waals surface area contributed by atoms with Crippen molar-refractivity contribution in [3.05, 3.63) is 0 Å². The molecule has 1 N–H and O–H groups in total. The summed E-state index contributed by atoms with van der Waals surface area (Å²) >= 11 is 0. The minimum absolute atomic E-state index is 0.0833. The molecule has 80 valence electrons. The second kappa shape index (κ2) is 6.34. The molecule has 0 aromatic rings. The Labute approximate surface area is 80.5 Å². The first-order valence-electron chi connectivity index (χ1n) is 4.59. The maximum absolute atomic E-state index is 11.1. The molecule has 0 atom stereocenters. The summed E-state index contributed by atoms with van der Waals surface area (Å²) < 4.78 is 22.3. The number of hydrogen-bond donors (Lipinski definition) is 1. The summed E-state index contributed by atoms with van der Waals surface area (Å²) in [5, 5.41) is 8.66. The van der Waals surface area contributed by atoms with Gasteiger partial charge in [0.05, 0.1) is 12.4 Å². The minimum Gasteiger partial charge on any atom is -0.395 e. The van der Waals surface area contributed by atoms with E-state index < -0.39 is 9.84 Å². The molecule has 0 heterocycles. The van der Waals surface area contributed by atoms with Gasteiger partial charge in [0.2, 0.25) is 0 Å². The largest absolute Gasteiger partial charge is 0.395 e. The van der Waals surface area contributed by atoms with Crippen molar-refractivity contribution in [1.29, 1.82) is 0 Å². The lowest BCUT2D eigenvalue weighted by Gasteiger charge is -2.18. The molecule has 0 rings (SSSR count). The van der Waals surface area contributed by atoms with E-state index in [9.17, 15) is 8.42 Å². The molecule has 5 heteroatoms. The van der Waals surface area contributed by atoms with Crippen LogP contribution in [0.3, 0.4) is 0 Å². The fourth-order valence-corrected chi connectivity index (χ4v) is 1.81. The topological polar surface area (TPSA) is 57.6 Å². The number of aliphatic hydroxyl groups is 1. The molecular weight excluding hydrogens is 190 g/mol. The van der Waals surface area contributed by atoms with Gasteiger partial charge in [-0.3, -0.25) is 0 Å². The first kappa shape index (κ1) is 12.9. The van der Waals surface area contributed by atoms with E-state index in [1.807, 2.05) is 11.8 Å². The highest BCUT2D eigenvalue weighted by atomic mass is 32.2. The zero-order valence-electron chi connectivity index (χ0n) is 8.36. The fraction of sp³-hybridized carbons (Fsp3) is 1.00. The molecule has 0 aliphatic carbocycles. The van der Waals surface area contributed by atoms with E-state index in [2.05, 4.69) is 0 Å². The van der Waals surface area contributed by atoms with Gasteiger partial charge in [0, 0.05) is 18.8 Å². The van der Waals surface area contributed by atoms with Gasteiger partial charge in [-0.2, -0.15) is 0 Å². The lowest BCUT2D eigenvalue weighted by molar-refractivity contribution is 0.209. The summed E-state index contributed by atoms with van der Waals surface area (Å²) in [7, 11) is -2.87. The monoisotopic (exact) mass is 209 g/mol. The number of likely N-dealkylation sites (N-methyl/N-ethyl adjacent to an activating group) is 1. The highest BCUT2D eigenvalue weighted by Gasteiger charge is 2.09. The van der Waals surface area contributed by atoms with Crippen LogP contribution < -0.4 is 0 Å². The van der Waals surface area contributed by atoms with Gasteiger partial charge in [-0.15, -0.1) is 0 Å². The van der Waals surface area contributed by atoms with Crippen LogP contribution >= 0.6 is 0 Å². The average molecular weight is 209 g/mol. The number of aliphatic hydroxyl groups excluding tert-OH is 1. The third-order valence-electron chi connectivity index (χ3n) is 2.02. The van der Waals surface area contributed by atoms with Crippen LogP contribution in [0.2, 0.25) is 0 Å². The zero-order chi connectivity index (χ0) is 10.3. The van der Waals surface area contributed by atoms with Gasteiger partial charge < -0.3 is 10.0 Å². The van der Waals surface area contributed by atoms with Crippen molar-refractivity contribution in [2.45, 2.75) is 13.8 Å². The quantitative estimate of drug-likeness (QED) is 0.627. The highest BCUT2D eigenvalue weighted by molar-refractivity contribution is 7.91. The van der Waals surface area contributed by atoms with Crippen molar-refractivity contribution in [3.63, 3.8) is 0 Å². The van der Waals surface area contributed by atoms with Crippen molar-refractivity contribution in [2.24, 2.45) is 0 Å². The molecule has 0 spiro atoms. The Kier molecular flexibility index (Phi) is 6.28. The third-order valence-corrected chi connectivity index (χ3v) is 3.71. The molecular formula is C8H19NO3S. The van der Waals surface area contributed by atoms with Crippen LogP contribution in [0, 0.1) is 0 Å². The van der Waals surface area contributed by atoms with Gasteiger partial charge in [-0.05, 0) is 6.54 Å². The Balaban J connectivity index is 3.84. The SMILES string of the molecule is CCN(CCO)CCS(=O)(=O)CC. The predicted octanol–water partition coefficient (Wildman–Crippen LogP) is -0.265. The Morgan fingerprint density at radius 2 is 1.85 bits per heavy atom. The van der Waals surface area contributed by atoms with Crippen molar-refractivity contribution >= 4 is 9.84 Å². The second-order valence-electron chi connectivity index (χ2n) is 2.89. The van der Waals surface area contributed by atoms with Crippen LogP contribution in [0.25, 0.3) is 0 Å². The molecule has 13 heavy (non-hydrogen) atoms. The summed E-state index contributed by atoms with van der Waals surface area (Å²) in [6, 6.07) is 0. The van der Waals surface area contributed by atoms with Crippen LogP contribution in [0.4, 0.5) is 0 Å². The summed E-state index contributed by atoms with van der Waals surface area (Å²) in [6.45, 7) is 5.54. The number of rotatable bonds is 7. The van der Waals surface area contributed by atoms with Crippen molar-refractivity contribution in [3.8, 4) is 0 Å². The maximum atomic E-state index is 11.1. The number of hydrogen-bond acceptors (Lipinski definition) is 4. The molecule has 0 saturated heterocycles. The Morgan fingerprint density at radius 3 is 2.23 bits per heavy atom. The molecule has 0 fully saturated rings. The molecule has 0 aromatic carbocycles. The summed E-state index contributed by atoms with van der Waals surface area (Å²) in [5.41, 5.74) is 0. The minimum atomic E-state index is -2.87. The maximum Gasteiger partial charge on any atom is 0.151 e. The normalized spacial score (nSPS) is 12.3. The fourth-order valence-electron chi connectivity index (χ4n) is 0.982. The Hall–Kier alpha value is -0.130. The van der Waals surface area contributed by atoms with Crippen molar-refractivity contribution < 1.29 is 13.5 Å². The van der Waals surface area contributed by atoms with E-state index in [0.29, 0.717) is 13.1 Å². The Morgan fingerprint density at radius 1 is 1.23 bits per heavy atom.